The van der Waals surface area contributed by atoms with E-state index in [1.807, 2.05) is 84.9 Å². The second-order valence-electron chi connectivity index (χ2n) is 15.8. The molecule has 2 atom stereocenters. The highest BCUT2D eigenvalue weighted by Gasteiger charge is 2.41. The number of aromatic nitrogens is 6. The van der Waals surface area contributed by atoms with Gasteiger partial charge >= 0.3 is 0 Å². The Balaban J connectivity index is 0.993. The molecule has 2 bridgehead atoms. The molecule has 3 aliphatic carbocycles. The lowest BCUT2D eigenvalue weighted by Gasteiger charge is -2.42. The number of rotatable bonds is 7. The molecule has 62 heavy (non-hydrogen) atoms. The quantitative estimate of drug-likeness (QED) is 0.160. The first-order chi connectivity index (χ1) is 30.7. The van der Waals surface area contributed by atoms with Crippen LogP contribution in [0, 0.1) is 0 Å². The van der Waals surface area contributed by atoms with Crippen LogP contribution >= 0.6 is 0 Å². The Kier molecular flexibility index (Phi) is 8.52. The molecule has 6 heteroatoms. The van der Waals surface area contributed by atoms with Gasteiger partial charge in [-0.05, 0) is 56.6 Å². The van der Waals surface area contributed by atoms with Crippen molar-refractivity contribution in [3.8, 4) is 79.5 Å². The Morgan fingerprint density at radius 2 is 0.516 bits per heavy atom. The Bertz CT molecular complexity index is 3240. The zero-order valence-electron chi connectivity index (χ0n) is 33.5. The van der Waals surface area contributed by atoms with Crippen molar-refractivity contribution in [2.45, 2.75) is 11.8 Å². The largest absolute Gasteiger partial charge is 0.208 e. The van der Waals surface area contributed by atoms with Crippen LogP contribution in [-0.4, -0.2) is 29.9 Å². The maximum Gasteiger partial charge on any atom is 0.164 e. The van der Waals surface area contributed by atoms with E-state index in [-0.39, 0.29) is 11.8 Å². The van der Waals surface area contributed by atoms with E-state index in [1.54, 1.807) is 0 Å². The average Bonchev–Trinajstić information content (AvgIpc) is 3.36. The van der Waals surface area contributed by atoms with E-state index in [2.05, 4.69) is 121 Å². The van der Waals surface area contributed by atoms with E-state index in [9.17, 15) is 0 Å². The van der Waals surface area contributed by atoms with Crippen LogP contribution < -0.4 is 0 Å². The predicted molar refractivity (Wildman–Crippen MR) is 246 cm³/mol. The summed E-state index contributed by atoms with van der Waals surface area (Å²) < 4.78 is 0. The van der Waals surface area contributed by atoms with Crippen LogP contribution in [0.5, 0.6) is 0 Å². The molecule has 2 aromatic heterocycles. The van der Waals surface area contributed by atoms with E-state index < -0.39 is 0 Å². The summed E-state index contributed by atoms with van der Waals surface area (Å²) in [5.74, 6) is 3.94. The van der Waals surface area contributed by atoms with E-state index in [1.165, 1.54) is 33.4 Å². The van der Waals surface area contributed by atoms with Gasteiger partial charge in [0.2, 0.25) is 0 Å². The summed E-state index contributed by atoms with van der Waals surface area (Å²) in [4.78, 5) is 30.6. The number of benzene rings is 8. The fraction of sp³-hybridized carbons (Fsp3) is 0.0357. The van der Waals surface area contributed by atoms with Gasteiger partial charge in [0.05, 0.1) is 0 Å². The van der Waals surface area contributed by atoms with Crippen molar-refractivity contribution in [3.05, 3.63) is 240 Å². The third kappa shape index (κ3) is 6.11. The van der Waals surface area contributed by atoms with Gasteiger partial charge in [0, 0.05) is 45.2 Å². The molecule has 0 amide bonds. The molecular formula is C56H36N6. The first-order valence-corrected chi connectivity index (χ1v) is 20.9. The van der Waals surface area contributed by atoms with Gasteiger partial charge in [-0.1, -0.05) is 194 Å². The summed E-state index contributed by atoms with van der Waals surface area (Å²) in [6.45, 7) is 0. The maximum absolute atomic E-state index is 5.25. The molecule has 2 heterocycles. The first-order valence-electron chi connectivity index (χ1n) is 20.9. The van der Waals surface area contributed by atoms with Crippen LogP contribution in [0.3, 0.4) is 0 Å². The van der Waals surface area contributed by atoms with E-state index in [0.717, 1.165) is 44.5 Å². The second kappa shape index (κ2) is 14.8. The maximum atomic E-state index is 5.25. The fourth-order valence-corrected chi connectivity index (χ4v) is 9.32. The average molecular weight is 793 g/mol. The summed E-state index contributed by atoms with van der Waals surface area (Å²) in [7, 11) is 0. The molecule has 10 aromatic rings. The Labute approximate surface area is 359 Å². The lowest BCUT2D eigenvalue weighted by atomic mass is 9.61. The van der Waals surface area contributed by atoms with Crippen molar-refractivity contribution in [1.82, 2.24) is 29.9 Å². The first kappa shape index (κ1) is 35.7. The van der Waals surface area contributed by atoms with Crippen LogP contribution in [0.1, 0.15) is 45.2 Å². The molecule has 0 aliphatic heterocycles. The van der Waals surface area contributed by atoms with E-state index >= 15 is 0 Å². The molecule has 8 aromatic carbocycles. The van der Waals surface area contributed by atoms with Gasteiger partial charge in [-0.2, -0.15) is 0 Å². The van der Waals surface area contributed by atoms with Crippen molar-refractivity contribution in [2.75, 3.05) is 0 Å². The third-order valence-corrected chi connectivity index (χ3v) is 12.2. The highest BCUT2D eigenvalue weighted by Crippen LogP contribution is 2.56. The van der Waals surface area contributed by atoms with Crippen LogP contribution in [0.4, 0.5) is 0 Å². The minimum atomic E-state index is 0.0297. The highest BCUT2D eigenvalue weighted by molar-refractivity contribution is 5.82. The molecule has 0 N–H and O–H groups in total. The molecule has 6 nitrogen and oxygen atoms in total. The Hall–Kier alpha value is -8.22. The summed E-state index contributed by atoms with van der Waals surface area (Å²) in [6.07, 6.45) is 0. The van der Waals surface area contributed by atoms with Crippen molar-refractivity contribution >= 4 is 0 Å². The van der Waals surface area contributed by atoms with E-state index in [0.29, 0.717) is 34.9 Å². The minimum absolute atomic E-state index is 0.0297. The summed E-state index contributed by atoms with van der Waals surface area (Å²) in [5, 5.41) is 0. The molecule has 0 radical (unpaired) electrons. The monoisotopic (exact) mass is 792 g/mol. The molecule has 13 rings (SSSR count). The molecule has 0 fully saturated rings. The highest BCUT2D eigenvalue weighted by atomic mass is 15.0. The Morgan fingerprint density at radius 1 is 0.210 bits per heavy atom. The standard InChI is InChI=1S/C56H36N6/c1-5-17-35(18-6-1)41-25-13-16-28-46(41)56-61-53(38-23-11-4-12-24-38)60-55(62-56)40-30-32-45-48(34-40)50-43-27-15-14-26-42(43)49(45)47-33-39(29-31-44(47)50)54-58-51(36-19-7-2-8-20-36)57-52(59-54)37-21-9-3-10-22-37/h1-34,49-50H. The van der Waals surface area contributed by atoms with Crippen molar-refractivity contribution in [3.63, 3.8) is 0 Å². The van der Waals surface area contributed by atoms with Crippen LogP contribution in [0.25, 0.3) is 79.5 Å². The summed E-state index contributed by atoms with van der Waals surface area (Å²) in [6, 6.07) is 71.7. The molecule has 0 spiro atoms. The topological polar surface area (TPSA) is 77.3 Å². The zero-order valence-corrected chi connectivity index (χ0v) is 33.5. The Morgan fingerprint density at radius 3 is 0.935 bits per heavy atom. The molecule has 0 saturated carbocycles. The molecule has 3 aliphatic rings. The SMILES string of the molecule is c1ccc(-c2nc(-c3ccccc3)nc(-c3ccc4c(c3)C3c5ccccc5C4c4cc(-c5nc(-c6ccccc6)nc(-c6ccccc6-c6ccccc6)n5)ccc43)n2)cc1. The van der Waals surface area contributed by atoms with Gasteiger partial charge < -0.3 is 0 Å². The van der Waals surface area contributed by atoms with Crippen molar-refractivity contribution < 1.29 is 0 Å². The van der Waals surface area contributed by atoms with Crippen molar-refractivity contribution in [2.24, 2.45) is 0 Å². The smallest absolute Gasteiger partial charge is 0.164 e. The van der Waals surface area contributed by atoms with Gasteiger partial charge in [-0.15, -0.1) is 0 Å². The van der Waals surface area contributed by atoms with Crippen LogP contribution in [-0.2, 0) is 0 Å². The number of nitrogens with zero attached hydrogens (tertiary/aromatic N) is 6. The van der Waals surface area contributed by atoms with Gasteiger partial charge in [0.15, 0.2) is 34.9 Å². The summed E-state index contributed by atoms with van der Waals surface area (Å²) >= 11 is 0. The van der Waals surface area contributed by atoms with Gasteiger partial charge in [-0.3, -0.25) is 0 Å². The third-order valence-electron chi connectivity index (χ3n) is 12.2. The van der Waals surface area contributed by atoms with E-state index in [4.69, 9.17) is 29.9 Å². The lowest BCUT2D eigenvalue weighted by molar-refractivity contribution is 0.754. The predicted octanol–water partition coefficient (Wildman–Crippen LogP) is 12.7. The van der Waals surface area contributed by atoms with Gasteiger partial charge in [-0.25, -0.2) is 29.9 Å². The fourth-order valence-electron chi connectivity index (χ4n) is 9.32. The van der Waals surface area contributed by atoms with Crippen LogP contribution in [0.2, 0.25) is 0 Å². The molecule has 290 valence electrons. The zero-order chi connectivity index (χ0) is 41.0. The lowest BCUT2D eigenvalue weighted by Crippen LogP contribution is -2.27. The minimum Gasteiger partial charge on any atom is -0.208 e. The normalized spacial score (nSPS) is 14.5. The van der Waals surface area contributed by atoms with Crippen molar-refractivity contribution in [1.29, 1.82) is 0 Å². The molecule has 2 unspecified atom stereocenters. The number of hydrogen-bond acceptors (Lipinski definition) is 6. The summed E-state index contributed by atoms with van der Waals surface area (Å²) in [5.41, 5.74) is 15.7. The van der Waals surface area contributed by atoms with Gasteiger partial charge in [0.25, 0.3) is 0 Å². The molecular weight excluding hydrogens is 757 g/mol. The second-order valence-corrected chi connectivity index (χ2v) is 15.8. The van der Waals surface area contributed by atoms with Crippen LogP contribution in [0.15, 0.2) is 206 Å². The molecule has 0 saturated heterocycles. The number of hydrogen-bond donors (Lipinski definition) is 0. The van der Waals surface area contributed by atoms with Gasteiger partial charge in [0.1, 0.15) is 0 Å².